The fourth-order valence-corrected chi connectivity index (χ4v) is 4.73. The van der Waals surface area contributed by atoms with Crippen molar-refractivity contribution in [3.05, 3.63) is 28.8 Å². The van der Waals surface area contributed by atoms with E-state index in [0.29, 0.717) is 11.8 Å². The van der Waals surface area contributed by atoms with Crippen LogP contribution >= 0.6 is 0 Å². The standard InChI is InChI=1S/C19H26N4O3/c1-11-15(12(2)26-22-11)18(4,5)17(24)23-8-6-19(7-9-23)10-14(19)16-21-20-13(3)25-16/h14H,6-10H2,1-5H3. The molecule has 0 bridgehead atoms. The van der Waals surface area contributed by atoms with E-state index in [1.165, 1.54) is 0 Å². The summed E-state index contributed by atoms with van der Waals surface area (Å²) in [5, 5.41) is 12.2. The van der Waals surface area contributed by atoms with Crippen LogP contribution in [0.3, 0.4) is 0 Å². The van der Waals surface area contributed by atoms with Gasteiger partial charge in [0.2, 0.25) is 17.7 Å². The Morgan fingerprint density at radius 2 is 1.88 bits per heavy atom. The number of aryl methyl sites for hydroxylation is 3. The summed E-state index contributed by atoms with van der Waals surface area (Å²) in [6, 6.07) is 0. The van der Waals surface area contributed by atoms with Crippen LogP contribution in [0.2, 0.25) is 0 Å². The zero-order chi connectivity index (χ0) is 18.7. The highest BCUT2D eigenvalue weighted by atomic mass is 16.5. The van der Waals surface area contributed by atoms with Gasteiger partial charge in [-0.2, -0.15) is 0 Å². The first-order chi connectivity index (χ1) is 12.2. The monoisotopic (exact) mass is 358 g/mol. The highest BCUT2D eigenvalue weighted by molar-refractivity contribution is 5.88. The van der Waals surface area contributed by atoms with Crippen molar-refractivity contribution in [3.63, 3.8) is 0 Å². The van der Waals surface area contributed by atoms with Crippen LogP contribution < -0.4 is 0 Å². The van der Waals surface area contributed by atoms with Crippen molar-refractivity contribution in [1.82, 2.24) is 20.3 Å². The van der Waals surface area contributed by atoms with Crippen LogP contribution in [-0.2, 0) is 10.2 Å². The van der Waals surface area contributed by atoms with Gasteiger partial charge in [0.25, 0.3) is 0 Å². The number of carbonyl (C=O) groups excluding carboxylic acids is 1. The van der Waals surface area contributed by atoms with Crippen LogP contribution in [0.5, 0.6) is 0 Å². The minimum Gasteiger partial charge on any atom is -0.425 e. The number of hydrogen-bond acceptors (Lipinski definition) is 6. The summed E-state index contributed by atoms with van der Waals surface area (Å²) in [6.07, 6.45) is 3.06. The number of likely N-dealkylation sites (tertiary alicyclic amines) is 1. The van der Waals surface area contributed by atoms with Crippen molar-refractivity contribution in [3.8, 4) is 0 Å². The summed E-state index contributed by atoms with van der Waals surface area (Å²) in [4.78, 5) is 15.2. The van der Waals surface area contributed by atoms with E-state index in [2.05, 4.69) is 15.4 Å². The first kappa shape index (κ1) is 17.2. The molecule has 2 aromatic heterocycles. The van der Waals surface area contributed by atoms with E-state index in [-0.39, 0.29) is 11.3 Å². The normalized spacial score (nSPS) is 22.0. The molecule has 0 radical (unpaired) electrons. The van der Waals surface area contributed by atoms with Crippen molar-refractivity contribution in [1.29, 1.82) is 0 Å². The smallest absolute Gasteiger partial charge is 0.232 e. The van der Waals surface area contributed by atoms with Crippen LogP contribution in [0, 0.1) is 26.2 Å². The van der Waals surface area contributed by atoms with Crippen LogP contribution in [0.1, 0.15) is 67.8 Å². The van der Waals surface area contributed by atoms with Crippen LogP contribution in [0.4, 0.5) is 0 Å². The van der Waals surface area contributed by atoms with E-state index in [1.807, 2.05) is 39.5 Å². The zero-order valence-electron chi connectivity index (χ0n) is 16.1. The molecule has 3 heterocycles. The second-order valence-corrected chi connectivity index (χ2v) is 8.39. The third-order valence-corrected chi connectivity index (χ3v) is 6.27. The van der Waals surface area contributed by atoms with E-state index >= 15 is 0 Å². The largest absolute Gasteiger partial charge is 0.425 e. The van der Waals surface area contributed by atoms with E-state index in [1.54, 1.807) is 0 Å². The summed E-state index contributed by atoms with van der Waals surface area (Å²) in [6.45, 7) is 11.1. The Labute approximate surface area is 153 Å². The molecule has 1 aliphatic carbocycles. The van der Waals surface area contributed by atoms with E-state index in [4.69, 9.17) is 8.94 Å². The molecule has 1 spiro atoms. The molecule has 1 saturated carbocycles. The van der Waals surface area contributed by atoms with Crippen molar-refractivity contribution in [2.24, 2.45) is 5.41 Å². The molecule has 1 amide bonds. The first-order valence-corrected chi connectivity index (χ1v) is 9.27. The maximum Gasteiger partial charge on any atom is 0.232 e. The highest BCUT2D eigenvalue weighted by Gasteiger charge is 2.58. The Bertz CT molecular complexity index is 823. The van der Waals surface area contributed by atoms with Gasteiger partial charge in [-0.1, -0.05) is 5.16 Å². The number of rotatable bonds is 3. The number of carbonyl (C=O) groups is 1. The topological polar surface area (TPSA) is 85.3 Å². The van der Waals surface area contributed by atoms with Crippen molar-refractivity contribution < 1.29 is 13.7 Å². The minimum atomic E-state index is -0.634. The molecule has 26 heavy (non-hydrogen) atoms. The lowest BCUT2D eigenvalue weighted by Gasteiger charge is -2.37. The first-order valence-electron chi connectivity index (χ1n) is 9.27. The van der Waals surface area contributed by atoms with E-state index < -0.39 is 5.41 Å². The molecular weight excluding hydrogens is 332 g/mol. The molecule has 4 rings (SSSR count). The molecule has 1 aliphatic heterocycles. The average molecular weight is 358 g/mol. The molecule has 1 unspecified atom stereocenters. The lowest BCUT2D eigenvalue weighted by atomic mass is 9.80. The molecule has 0 aromatic carbocycles. The van der Waals surface area contributed by atoms with Crippen molar-refractivity contribution in [2.75, 3.05) is 13.1 Å². The highest BCUT2D eigenvalue weighted by Crippen LogP contribution is 2.64. The summed E-state index contributed by atoms with van der Waals surface area (Å²) < 4.78 is 10.9. The van der Waals surface area contributed by atoms with Gasteiger partial charge < -0.3 is 13.8 Å². The third-order valence-electron chi connectivity index (χ3n) is 6.27. The molecule has 7 nitrogen and oxygen atoms in total. The van der Waals surface area contributed by atoms with E-state index in [0.717, 1.165) is 55.3 Å². The van der Waals surface area contributed by atoms with Crippen LogP contribution in [-0.4, -0.2) is 39.3 Å². The van der Waals surface area contributed by atoms with Crippen LogP contribution in [0.15, 0.2) is 8.94 Å². The van der Waals surface area contributed by atoms with Gasteiger partial charge in [0.15, 0.2) is 0 Å². The molecule has 7 heteroatoms. The maximum atomic E-state index is 13.2. The number of hydrogen-bond donors (Lipinski definition) is 0. The Hall–Kier alpha value is -2.18. The Morgan fingerprint density at radius 1 is 1.19 bits per heavy atom. The van der Waals surface area contributed by atoms with E-state index in [9.17, 15) is 4.79 Å². The molecule has 2 aromatic rings. The summed E-state index contributed by atoms with van der Waals surface area (Å²) >= 11 is 0. The lowest BCUT2D eigenvalue weighted by molar-refractivity contribution is -0.138. The minimum absolute atomic E-state index is 0.146. The average Bonchev–Trinajstić information content (AvgIpc) is 2.91. The SMILES string of the molecule is Cc1nnc(C2CC23CCN(C(=O)C(C)(C)c2c(C)noc2C)CC3)o1. The summed E-state index contributed by atoms with van der Waals surface area (Å²) in [5.41, 5.74) is 1.31. The molecule has 2 fully saturated rings. The van der Waals surface area contributed by atoms with Gasteiger partial charge in [0, 0.05) is 31.5 Å². The molecule has 1 saturated heterocycles. The fraction of sp³-hybridized carbons (Fsp3) is 0.684. The van der Waals surface area contributed by atoms with Gasteiger partial charge in [-0.15, -0.1) is 10.2 Å². The number of piperidine rings is 1. The Morgan fingerprint density at radius 3 is 2.42 bits per heavy atom. The van der Waals surface area contributed by atoms with Gasteiger partial charge in [-0.3, -0.25) is 4.79 Å². The molecule has 140 valence electrons. The Kier molecular flexibility index (Phi) is 3.75. The molecule has 1 atom stereocenters. The fourth-order valence-electron chi connectivity index (χ4n) is 4.73. The third kappa shape index (κ3) is 2.56. The van der Waals surface area contributed by atoms with Gasteiger partial charge in [0.1, 0.15) is 5.76 Å². The maximum absolute atomic E-state index is 13.2. The zero-order valence-corrected chi connectivity index (χ0v) is 16.1. The van der Waals surface area contributed by atoms with Gasteiger partial charge in [-0.05, 0) is 52.4 Å². The summed E-state index contributed by atoms with van der Waals surface area (Å²) in [5.74, 6) is 2.61. The molecule has 2 aliphatic rings. The van der Waals surface area contributed by atoms with Gasteiger partial charge in [-0.25, -0.2) is 0 Å². The predicted octanol–water partition coefficient (Wildman–Crippen LogP) is 3.06. The second-order valence-electron chi connectivity index (χ2n) is 8.39. The number of amides is 1. The number of aromatic nitrogens is 3. The van der Waals surface area contributed by atoms with Crippen molar-refractivity contribution >= 4 is 5.91 Å². The molecule has 0 N–H and O–H groups in total. The van der Waals surface area contributed by atoms with Crippen molar-refractivity contribution in [2.45, 2.75) is 65.2 Å². The van der Waals surface area contributed by atoms with Gasteiger partial charge in [0.05, 0.1) is 11.1 Å². The Balaban J connectivity index is 1.44. The van der Waals surface area contributed by atoms with Crippen LogP contribution in [0.25, 0.3) is 0 Å². The van der Waals surface area contributed by atoms with Gasteiger partial charge >= 0.3 is 0 Å². The molecular formula is C19H26N4O3. The second kappa shape index (κ2) is 5.66. The quantitative estimate of drug-likeness (QED) is 0.838. The summed E-state index contributed by atoms with van der Waals surface area (Å²) in [7, 11) is 0. The lowest BCUT2D eigenvalue weighted by Crippen LogP contribution is -2.47. The predicted molar refractivity (Wildman–Crippen MR) is 93.6 cm³/mol. The number of nitrogens with zero attached hydrogens (tertiary/aromatic N) is 4.